The third kappa shape index (κ3) is 5.75. The van der Waals surface area contributed by atoms with E-state index in [1.54, 1.807) is 25.1 Å². The number of β-amino-alcohol motifs (C(OH)–C–C–N with tert-alkyl or cyclic N) is 1. The van der Waals surface area contributed by atoms with Crippen LogP contribution in [0.2, 0.25) is 5.02 Å². The number of ether oxygens (including phenoxy) is 1. The Morgan fingerprint density at radius 2 is 2.00 bits per heavy atom. The molecule has 4 heterocycles. The van der Waals surface area contributed by atoms with Crippen molar-refractivity contribution in [2.75, 3.05) is 44.2 Å². The van der Waals surface area contributed by atoms with E-state index in [1.807, 2.05) is 9.80 Å². The van der Waals surface area contributed by atoms with Crippen molar-refractivity contribution in [3.05, 3.63) is 53.1 Å². The Hall–Kier alpha value is -3.38. The minimum Gasteiger partial charge on any atom is -0.508 e. The van der Waals surface area contributed by atoms with Gasteiger partial charge in [-0.1, -0.05) is 23.7 Å². The van der Waals surface area contributed by atoms with Crippen LogP contribution in [0.3, 0.4) is 0 Å². The second-order valence-electron chi connectivity index (χ2n) is 13.3. The van der Waals surface area contributed by atoms with E-state index < -0.39 is 23.4 Å². The van der Waals surface area contributed by atoms with Crippen molar-refractivity contribution in [2.45, 2.75) is 56.5 Å². The number of nitrogens with zero attached hydrogens (tertiary/aromatic N) is 4. The number of aliphatic hydroxyl groups is 1. The zero-order chi connectivity index (χ0) is 31.7. The van der Waals surface area contributed by atoms with Gasteiger partial charge in [-0.05, 0) is 62.8 Å². The Balaban J connectivity index is 1.34. The first-order valence-corrected chi connectivity index (χ1v) is 15.6. The molecule has 7 rings (SSSR count). The molecule has 2 unspecified atom stereocenters. The van der Waals surface area contributed by atoms with Gasteiger partial charge in [-0.2, -0.15) is 9.97 Å². The normalized spacial score (nSPS) is 24.9. The number of alkyl halides is 1. The van der Waals surface area contributed by atoms with Crippen LogP contribution in [0.15, 0.2) is 36.4 Å². The number of likely N-dealkylation sites (tertiary alicyclic amines) is 1. The molecule has 0 saturated carbocycles. The number of halogens is 4. The summed E-state index contributed by atoms with van der Waals surface area (Å²) in [4.78, 5) is 12.9. The standard InChI is InChI=1S/C33H35ClF3N5O3/c1-32-8-6-20(40-32)14-42(15-32)30-23-12-25(36)27(22-11-21(43)10-18-4-3-5-24(34)26(18)22)28(37)29(23)38-31(39-30)45-17-33(2,44)16-41-9-7-19(35)13-41/h3-5,10-12,19-20,40,43-44H,6-9,13-17H2,1-2H3/t19-,20?,32+,33?/m1/s1. The fourth-order valence-corrected chi connectivity index (χ4v) is 7.54. The molecule has 3 aliphatic heterocycles. The summed E-state index contributed by atoms with van der Waals surface area (Å²) < 4.78 is 52.5. The van der Waals surface area contributed by atoms with Crippen molar-refractivity contribution in [3.8, 4) is 22.9 Å². The lowest BCUT2D eigenvalue weighted by Gasteiger charge is -2.40. The van der Waals surface area contributed by atoms with Gasteiger partial charge in [0.2, 0.25) is 0 Å². The number of anilines is 1. The van der Waals surface area contributed by atoms with Gasteiger partial charge in [-0.3, -0.25) is 4.90 Å². The molecule has 238 valence electrons. The lowest BCUT2D eigenvalue weighted by Crippen LogP contribution is -2.58. The highest BCUT2D eigenvalue weighted by Crippen LogP contribution is 2.43. The average Bonchev–Trinajstić information content (AvgIpc) is 3.50. The Bertz CT molecular complexity index is 1810. The van der Waals surface area contributed by atoms with Crippen molar-refractivity contribution in [3.63, 3.8) is 0 Å². The molecule has 0 spiro atoms. The predicted molar refractivity (Wildman–Crippen MR) is 168 cm³/mol. The zero-order valence-electron chi connectivity index (χ0n) is 25.1. The van der Waals surface area contributed by atoms with Crippen LogP contribution in [0.25, 0.3) is 32.8 Å². The summed E-state index contributed by atoms with van der Waals surface area (Å²) in [7, 11) is 0. The molecule has 3 aromatic carbocycles. The molecule has 8 nitrogen and oxygen atoms in total. The zero-order valence-corrected chi connectivity index (χ0v) is 25.8. The van der Waals surface area contributed by atoms with Gasteiger partial charge in [-0.25, -0.2) is 13.2 Å². The number of phenols is 1. The Morgan fingerprint density at radius 1 is 1.18 bits per heavy atom. The molecule has 12 heteroatoms. The molecule has 3 saturated heterocycles. The maximum atomic E-state index is 16.7. The van der Waals surface area contributed by atoms with E-state index in [4.69, 9.17) is 16.3 Å². The maximum Gasteiger partial charge on any atom is 0.319 e. The van der Waals surface area contributed by atoms with Gasteiger partial charge < -0.3 is 25.2 Å². The number of fused-ring (bicyclic) bond motifs is 4. The Kier molecular flexibility index (Phi) is 7.50. The van der Waals surface area contributed by atoms with Crippen LogP contribution in [0.1, 0.15) is 33.1 Å². The van der Waals surface area contributed by atoms with E-state index in [-0.39, 0.29) is 70.1 Å². The van der Waals surface area contributed by atoms with Crippen molar-refractivity contribution in [1.82, 2.24) is 20.2 Å². The molecule has 3 aliphatic rings. The summed E-state index contributed by atoms with van der Waals surface area (Å²) in [5.74, 6) is -1.64. The second kappa shape index (κ2) is 11.2. The van der Waals surface area contributed by atoms with E-state index in [1.165, 1.54) is 18.2 Å². The average molecular weight is 642 g/mol. The molecule has 45 heavy (non-hydrogen) atoms. The lowest BCUT2D eigenvalue weighted by atomic mass is 9.95. The molecule has 3 N–H and O–H groups in total. The highest BCUT2D eigenvalue weighted by molar-refractivity contribution is 6.36. The lowest BCUT2D eigenvalue weighted by molar-refractivity contribution is -0.0160. The summed E-state index contributed by atoms with van der Waals surface area (Å²) in [5, 5.41) is 26.5. The smallest absolute Gasteiger partial charge is 0.319 e. The van der Waals surface area contributed by atoms with Crippen LogP contribution in [-0.2, 0) is 0 Å². The van der Waals surface area contributed by atoms with Crippen molar-refractivity contribution in [1.29, 1.82) is 0 Å². The summed E-state index contributed by atoms with van der Waals surface area (Å²) in [6.45, 7) is 5.57. The van der Waals surface area contributed by atoms with Crippen LogP contribution in [-0.4, -0.2) is 87.8 Å². The van der Waals surface area contributed by atoms with Crippen LogP contribution < -0.4 is 15.0 Å². The molecule has 2 bridgehead atoms. The number of aromatic hydroxyl groups is 1. The quantitative estimate of drug-likeness (QED) is 0.241. The summed E-state index contributed by atoms with van der Waals surface area (Å²) in [5.41, 5.74) is -2.02. The minimum absolute atomic E-state index is 0.0857. The first-order chi connectivity index (χ1) is 21.4. The van der Waals surface area contributed by atoms with Crippen LogP contribution in [0.5, 0.6) is 11.8 Å². The van der Waals surface area contributed by atoms with Gasteiger partial charge in [0.05, 0.1) is 5.56 Å². The molecular weight excluding hydrogens is 607 g/mol. The molecule has 0 radical (unpaired) electrons. The van der Waals surface area contributed by atoms with Gasteiger partial charge in [-0.15, -0.1) is 0 Å². The number of hydrogen-bond acceptors (Lipinski definition) is 8. The summed E-state index contributed by atoms with van der Waals surface area (Å²) >= 11 is 6.51. The maximum absolute atomic E-state index is 16.7. The molecule has 3 fully saturated rings. The number of benzene rings is 3. The third-order valence-corrected chi connectivity index (χ3v) is 9.51. The second-order valence-corrected chi connectivity index (χ2v) is 13.7. The number of piperazine rings is 1. The predicted octanol–water partition coefficient (Wildman–Crippen LogP) is 5.59. The number of hydrogen-bond donors (Lipinski definition) is 3. The van der Waals surface area contributed by atoms with Crippen LogP contribution >= 0.6 is 11.6 Å². The van der Waals surface area contributed by atoms with Crippen molar-refractivity contribution in [2.24, 2.45) is 0 Å². The number of aromatic nitrogens is 2. The largest absolute Gasteiger partial charge is 0.508 e. The van der Waals surface area contributed by atoms with Crippen LogP contribution in [0.4, 0.5) is 19.0 Å². The highest BCUT2D eigenvalue weighted by Gasteiger charge is 2.42. The summed E-state index contributed by atoms with van der Waals surface area (Å²) in [6.07, 6.45) is 1.41. The van der Waals surface area contributed by atoms with E-state index in [9.17, 15) is 14.6 Å². The van der Waals surface area contributed by atoms with Gasteiger partial charge in [0.15, 0.2) is 5.82 Å². The Morgan fingerprint density at radius 3 is 2.76 bits per heavy atom. The monoisotopic (exact) mass is 641 g/mol. The number of rotatable bonds is 7. The molecule has 4 aromatic rings. The first-order valence-electron chi connectivity index (χ1n) is 15.2. The SMILES string of the molecule is CC(O)(COc1nc(N2CC3CC[C@@](C)(C2)N3)c2cc(F)c(-c3cc(O)cc4cccc(Cl)c34)c(F)c2n1)CN1CC[C@@H](F)C1. The molecule has 0 amide bonds. The van der Waals surface area contributed by atoms with Gasteiger partial charge in [0.1, 0.15) is 41.3 Å². The molecule has 4 atom stereocenters. The topological polar surface area (TPSA) is 94.0 Å². The minimum atomic E-state index is -1.37. The van der Waals surface area contributed by atoms with Gasteiger partial charge in [0, 0.05) is 65.7 Å². The summed E-state index contributed by atoms with van der Waals surface area (Å²) in [6, 6.07) is 9.02. The van der Waals surface area contributed by atoms with E-state index in [0.29, 0.717) is 42.6 Å². The van der Waals surface area contributed by atoms with Crippen molar-refractivity contribution >= 4 is 39.1 Å². The highest BCUT2D eigenvalue weighted by atomic mass is 35.5. The first kappa shape index (κ1) is 30.3. The van der Waals surface area contributed by atoms with Crippen molar-refractivity contribution < 1.29 is 28.1 Å². The molecular formula is C33H35ClF3N5O3. The fourth-order valence-electron chi connectivity index (χ4n) is 7.26. The van der Waals surface area contributed by atoms with Crippen LogP contribution in [0, 0.1) is 11.6 Å². The van der Waals surface area contributed by atoms with E-state index in [2.05, 4.69) is 22.2 Å². The Labute approximate surface area is 263 Å². The third-order valence-electron chi connectivity index (χ3n) is 9.19. The molecule has 1 aromatic heterocycles. The van der Waals surface area contributed by atoms with Gasteiger partial charge >= 0.3 is 6.01 Å². The van der Waals surface area contributed by atoms with E-state index in [0.717, 1.165) is 12.8 Å². The van der Waals surface area contributed by atoms with E-state index >= 15 is 8.78 Å². The number of nitrogens with one attached hydrogen (secondary N) is 1. The van der Waals surface area contributed by atoms with Gasteiger partial charge in [0.25, 0.3) is 0 Å². The molecule has 0 aliphatic carbocycles. The number of phenolic OH excluding ortho intramolecular Hbond substituents is 1. The fraction of sp³-hybridized carbons (Fsp3) is 0.455.